The molecule has 0 atom stereocenters. The summed E-state index contributed by atoms with van der Waals surface area (Å²) in [6.45, 7) is 6.82. The van der Waals surface area contributed by atoms with Crippen LogP contribution in [0.15, 0.2) is 0 Å². The molecule has 1 fully saturated rings. The van der Waals surface area contributed by atoms with Crippen molar-refractivity contribution in [3.05, 3.63) is 16.0 Å². The van der Waals surface area contributed by atoms with Gasteiger partial charge in [0.15, 0.2) is 0 Å². The van der Waals surface area contributed by atoms with E-state index in [4.69, 9.17) is 16.5 Å². The molecule has 0 unspecified atom stereocenters. The summed E-state index contributed by atoms with van der Waals surface area (Å²) in [6.07, 6.45) is 8.06. The summed E-state index contributed by atoms with van der Waals surface area (Å²) in [7, 11) is 0. The van der Waals surface area contributed by atoms with Gasteiger partial charge in [-0.15, -0.1) is 11.3 Å². The molecule has 5 nitrogen and oxygen atoms in total. The molecule has 1 aliphatic carbocycles. The van der Waals surface area contributed by atoms with Crippen molar-refractivity contribution in [1.29, 1.82) is 0 Å². The molecule has 2 aromatic heterocycles. The van der Waals surface area contributed by atoms with Gasteiger partial charge in [-0.05, 0) is 61.5 Å². The third-order valence-electron chi connectivity index (χ3n) is 6.04. The maximum absolute atomic E-state index is 11.8. The number of hydrogen-bond donors (Lipinski definition) is 2. The fraction of sp³-hybridized carbons (Fsp3) is 0.600. The molecule has 0 aromatic carbocycles. The van der Waals surface area contributed by atoms with Crippen molar-refractivity contribution in [3.8, 4) is 0 Å². The van der Waals surface area contributed by atoms with Gasteiger partial charge in [-0.3, -0.25) is 4.79 Å². The molecule has 4 rings (SSSR count). The van der Waals surface area contributed by atoms with Crippen molar-refractivity contribution >= 4 is 39.0 Å². The molecule has 1 aliphatic heterocycles. The quantitative estimate of drug-likeness (QED) is 0.838. The molecule has 0 bridgehead atoms. The van der Waals surface area contributed by atoms with Gasteiger partial charge in [0.1, 0.15) is 15.5 Å². The number of primary amides is 1. The lowest BCUT2D eigenvalue weighted by atomic mass is 9.85. The van der Waals surface area contributed by atoms with Crippen LogP contribution in [-0.4, -0.2) is 24.0 Å². The van der Waals surface area contributed by atoms with E-state index in [0.717, 1.165) is 42.0 Å². The number of anilines is 2. The summed E-state index contributed by atoms with van der Waals surface area (Å²) in [6, 6.07) is 0. The first-order chi connectivity index (χ1) is 12.4. The lowest BCUT2D eigenvalue weighted by molar-refractivity contribution is 0.100. The molecule has 0 saturated carbocycles. The molecule has 26 heavy (non-hydrogen) atoms. The highest BCUT2D eigenvalue weighted by Gasteiger charge is 2.29. The molecule has 1 amide bonds. The minimum Gasteiger partial charge on any atom is -0.397 e. The van der Waals surface area contributed by atoms with E-state index in [1.165, 1.54) is 54.6 Å². The fourth-order valence-corrected chi connectivity index (χ4v) is 5.45. The number of aryl methyl sites for hydroxylation is 1. The van der Waals surface area contributed by atoms with Gasteiger partial charge in [0.2, 0.25) is 0 Å². The van der Waals surface area contributed by atoms with Crippen molar-refractivity contribution in [1.82, 2.24) is 4.98 Å². The summed E-state index contributed by atoms with van der Waals surface area (Å²) >= 11 is 1.35. The van der Waals surface area contributed by atoms with E-state index in [-0.39, 0.29) is 0 Å². The first-order valence-electron chi connectivity index (χ1n) is 9.66. The van der Waals surface area contributed by atoms with Crippen LogP contribution in [0.4, 0.5) is 11.5 Å². The molecule has 0 spiro atoms. The van der Waals surface area contributed by atoms with Crippen LogP contribution in [0.1, 0.15) is 66.8 Å². The Morgan fingerprint density at radius 3 is 2.58 bits per heavy atom. The van der Waals surface area contributed by atoms with Gasteiger partial charge in [-0.2, -0.15) is 0 Å². The van der Waals surface area contributed by atoms with Gasteiger partial charge < -0.3 is 16.4 Å². The van der Waals surface area contributed by atoms with Crippen LogP contribution in [0.3, 0.4) is 0 Å². The van der Waals surface area contributed by atoms with Gasteiger partial charge >= 0.3 is 0 Å². The Balaban J connectivity index is 1.86. The van der Waals surface area contributed by atoms with Gasteiger partial charge in [-0.25, -0.2) is 4.98 Å². The molecule has 3 heterocycles. The number of nitrogens with zero attached hydrogens (tertiary/aromatic N) is 2. The SMILES string of the molecule is CC1(C)CCCN(c2nc3sc(C(N)=O)c(N)c3c3c2CCCC3)CC1. The standard InChI is InChI=1S/C20H28N4OS/c1-20(2)8-5-10-24(11-9-20)18-13-7-4-3-6-12(13)14-15(21)16(17(22)25)26-19(14)23-18/h3-11,21H2,1-2H3,(H2,22,25). The number of thiophene rings is 1. The zero-order valence-corrected chi connectivity index (χ0v) is 16.5. The number of nitrogen functional groups attached to an aromatic ring is 1. The number of amides is 1. The molecule has 2 aliphatic rings. The van der Waals surface area contributed by atoms with E-state index < -0.39 is 5.91 Å². The van der Waals surface area contributed by atoms with E-state index in [2.05, 4.69) is 18.7 Å². The summed E-state index contributed by atoms with van der Waals surface area (Å²) in [5, 5.41) is 0.984. The molecule has 140 valence electrons. The average molecular weight is 373 g/mol. The summed E-state index contributed by atoms with van der Waals surface area (Å²) in [5.41, 5.74) is 15.4. The van der Waals surface area contributed by atoms with Crippen LogP contribution in [0.2, 0.25) is 0 Å². The van der Waals surface area contributed by atoms with Crippen LogP contribution >= 0.6 is 11.3 Å². The van der Waals surface area contributed by atoms with E-state index in [1.54, 1.807) is 0 Å². The maximum Gasteiger partial charge on any atom is 0.260 e. The fourth-order valence-electron chi connectivity index (χ4n) is 4.47. The molecule has 4 N–H and O–H groups in total. The molecule has 0 radical (unpaired) electrons. The maximum atomic E-state index is 11.8. The number of hydrogen-bond acceptors (Lipinski definition) is 5. The van der Waals surface area contributed by atoms with E-state index in [9.17, 15) is 4.79 Å². The Hall–Kier alpha value is -1.82. The molecular weight excluding hydrogens is 344 g/mol. The smallest absolute Gasteiger partial charge is 0.260 e. The van der Waals surface area contributed by atoms with Gasteiger partial charge in [0.25, 0.3) is 5.91 Å². The zero-order valence-electron chi connectivity index (χ0n) is 15.7. The lowest BCUT2D eigenvalue weighted by Crippen LogP contribution is -2.28. The van der Waals surface area contributed by atoms with Crippen molar-refractivity contribution < 1.29 is 4.79 Å². The number of pyridine rings is 1. The highest BCUT2D eigenvalue weighted by atomic mass is 32.1. The van der Waals surface area contributed by atoms with E-state index in [1.807, 2.05) is 0 Å². The van der Waals surface area contributed by atoms with Crippen LogP contribution in [-0.2, 0) is 12.8 Å². The highest BCUT2D eigenvalue weighted by molar-refractivity contribution is 7.21. The Kier molecular flexibility index (Phi) is 4.34. The topological polar surface area (TPSA) is 85.2 Å². The summed E-state index contributed by atoms with van der Waals surface area (Å²) < 4.78 is 0. The predicted octanol–water partition coefficient (Wildman–Crippen LogP) is 3.87. The Morgan fingerprint density at radius 2 is 1.85 bits per heavy atom. The summed E-state index contributed by atoms with van der Waals surface area (Å²) in [5.74, 6) is 0.676. The minimum absolute atomic E-state index is 0.394. The van der Waals surface area contributed by atoms with Crippen molar-refractivity contribution in [2.75, 3.05) is 23.7 Å². The number of carbonyl (C=O) groups is 1. The number of fused-ring (bicyclic) bond motifs is 3. The molecule has 2 aromatic rings. The van der Waals surface area contributed by atoms with Gasteiger partial charge in [0, 0.05) is 18.5 Å². The van der Waals surface area contributed by atoms with E-state index >= 15 is 0 Å². The second kappa shape index (κ2) is 6.41. The number of carbonyl (C=O) groups excluding carboxylic acids is 1. The van der Waals surface area contributed by atoms with Crippen molar-refractivity contribution in [3.63, 3.8) is 0 Å². The van der Waals surface area contributed by atoms with Crippen LogP contribution in [0.25, 0.3) is 10.2 Å². The Bertz CT molecular complexity index is 871. The monoisotopic (exact) mass is 372 g/mol. The third kappa shape index (κ3) is 2.94. The normalized spacial score (nSPS) is 20.0. The first kappa shape index (κ1) is 17.6. The van der Waals surface area contributed by atoms with Crippen LogP contribution < -0.4 is 16.4 Å². The Labute approximate surface area is 158 Å². The largest absolute Gasteiger partial charge is 0.397 e. The first-order valence-corrected chi connectivity index (χ1v) is 10.5. The molecular formula is C20H28N4OS. The second-order valence-corrected chi connectivity index (χ2v) is 9.49. The summed E-state index contributed by atoms with van der Waals surface area (Å²) in [4.78, 5) is 20.6. The van der Waals surface area contributed by atoms with Crippen molar-refractivity contribution in [2.45, 2.75) is 58.8 Å². The highest BCUT2D eigenvalue weighted by Crippen LogP contribution is 2.42. The lowest BCUT2D eigenvalue weighted by Gasteiger charge is -2.29. The van der Waals surface area contributed by atoms with E-state index in [0.29, 0.717) is 16.0 Å². The third-order valence-corrected chi connectivity index (χ3v) is 7.15. The number of rotatable bonds is 2. The van der Waals surface area contributed by atoms with Gasteiger partial charge in [0.05, 0.1) is 5.69 Å². The minimum atomic E-state index is -0.451. The number of nitrogens with two attached hydrogens (primary N) is 2. The number of aromatic nitrogens is 1. The van der Waals surface area contributed by atoms with Gasteiger partial charge in [-0.1, -0.05) is 13.8 Å². The second-order valence-electron chi connectivity index (χ2n) is 8.49. The predicted molar refractivity (Wildman–Crippen MR) is 109 cm³/mol. The molecule has 1 saturated heterocycles. The average Bonchev–Trinajstić information content (AvgIpc) is 2.83. The zero-order chi connectivity index (χ0) is 18.5. The van der Waals surface area contributed by atoms with Crippen LogP contribution in [0.5, 0.6) is 0 Å². The van der Waals surface area contributed by atoms with Crippen molar-refractivity contribution in [2.24, 2.45) is 11.1 Å². The molecule has 6 heteroatoms. The van der Waals surface area contributed by atoms with Crippen LogP contribution in [0, 0.1) is 5.41 Å². The Morgan fingerprint density at radius 1 is 1.12 bits per heavy atom.